The Hall–Kier alpha value is -1.82. The molecule has 0 amide bonds. The summed E-state index contributed by atoms with van der Waals surface area (Å²) < 4.78 is 0. The lowest BCUT2D eigenvalue weighted by Gasteiger charge is -2.10. The molecule has 1 aromatic rings. The minimum absolute atomic E-state index is 0.0277. The molecule has 1 unspecified atom stereocenters. The second-order valence-corrected chi connectivity index (χ2v) is 4.19. The zero-order valence-corrected chi connectivity index (χ0v) is 10.0. The van der Waals surface area contributed by atoms with Gasteiger partial charge in [0.05, 0.1) is 11.6 Å². The Bertz CT molecular complexity index is 420. The molecular formula is C14H17NO2. The summed E-state index contributed by atoms with van der Waals surface area (Å²) in [5, 5.41) is 18.0. The van der Waals surface area contributed by atoms with E-state index in [4.69, 9.17) is 5.26 Å². The highest BCUT2D eigenvalue weighted by molar-refractivity contribution is 5.99. The molecule has 0 bridgehead atoms. The second kappa shape index (κ2) is 6.70. The lowest BCUT2D eigenvalue weighted by atomic mass is 9.93. The van der Waals surface area contributed by atoms with Crippen molar-refractivity contribution in [3.63, 3.8) is 0 Å². The highest BCUT2D eigenvalue weighted by atomic mass is 16.3. The third kappa shape index (κ3) is 3.92. The van der Waals surface area contributed by atoms with Crippen molar-refractivity contribution < 1.29 is 9.90 Å². The summed E-state index contributed by atoms with van der Waals surface area (Å²) in [6, 6.07) is 8.70. The lowest BCUT2D eigenvalue weighted by molar-refractivity contribution is 0.0920. The van der Waals surface area contributed by atoms with Gasteiger partial charge in [0.2, 0.25) is 0 Å². The molecule has 0 spiro atoms. The number of carbonyl (C=O) groups is 1. The van der Waals surface area contributed by atoms with Crippen molar-refractivity contribution in [1.29, 1.82) is 5.26 Å². The maximum absolute atomic E-state index is 12.0. The predicted octanol–water partition coefficient (Wildman–Crippen LogP) is 3.29. The van der Waals surface area contributed by atoms with Gasteiger partial charge in [0.1, 0.15) is 5.75 Å². The van der Waals surface area contributed by atoms with Gasteiger partial charge < -0.3 is 5.11 Å². The zero-order valence-electron chi connectivity index (χ0n) is 10.0. The van der Waals surface area contributed by atoms with Crippen LogP contribution in [0.25, 0.3) is 0 Å². The quantitative estimate of drug-likeness (QED) is 0.603. The topological polar surface area (TPSA) is 61.1 Å². The van der Waals surface area contributed by atoms with E-state index in [1.165, 1.54) is 6.07 Å². The molecule has 0 aliphatic heterocycles. The van der Waals surface area contributed by atoms with Gasteiger partial charge in [0.25, 0.3) is 0 Å². The summed E-state index contributed by atoms with van der Waals surface area (Å²) in [7, 11) is 0. The highest BCUT2D eigenvalue weighted by Crippen LogP contribution is 2.22. The number of carbonyl (C=O) groups excluding carboxylic acids is 1. The van der Waals surface area contributed by atoms with Gasteiger partial charge in [-0.15, -0.1) is 0 Å². The number of ketones is 1. The van der Waals surface area contributed by atoms with Gasteiger partial charge in [-0.25, -0.2) is 0 Å². The molecule has 17 heavy (non-hydrogen) atoms. The smallest absolute Gasteiger partial charge is 0.169 e. The number of nitrogens with zero attached hydrogens (tertiary/aromatic N) is 1. The molecule has 3 nitrogen and oxygen atoms in total. The molecule has 0 saturated carbocycles. The van der Waals surface area contributed by atoms with Crippen LogP contribution < -0.4 is 0 Å². The molecule has 0 saturated heterocycles. The Balaban J connectivity index is 2.53. The number of para-hydroxylation sites is 1. The Morgan fingerprint density at radius 3 is 2.76 bits per heavy atom. The molecule has 1 N–H and O–H groups in total. The number of Topliss-reactive ketones (excluding diaryl/α,β-unsaturated/α-hetero) is 1. The fraction of sp³-hybridized carbons (Fsp3) is 0.429. The summed E-state index contributed by atoms with van der Waals surface area (Å²) in [6.45, 7) is 1.86. The maximum atomic E-state index is 12.0. The van der Waals surface area contributed by atoms with E-state index in [-0.39, 0.29) is 17.5 Å². The van der Waals surface area contributed by atoms with Crippen LogP contribution in [0.15, 0.2) is 24.3 Å². The van der Waals surface area contributed by atoms with Gasteiger partial charge in [0.15, 0.2) is 5.78 Å². The first kappa shape index (κ1) is 13.2. The molecular weight excluding hydrogens is 214 g/mol. The van der Waals surface area contributed by atoms with Crippen LogP contribution in [0, 0.1) is 17.2 Å². The monoisotopic (exact) mass is 231 g/mol. The van der Waals surface area contributed by atoms with Crippen LogP contribution in [-0.4, -0.2) is 10.9 Å². The average molecular weight is 231 g/mol. The summed E-state index contributed by atoms with van der Waals surface area (Å²) in [4.78, 5) is 12.0. The van der Waals surface area contributed by atoms with E-state index in [0.717, 1.165) is 19.3 Å². The summed E-state index contributed by atoms with van der Waals surface area (Å²) in [5.41, 5.74) is 0.389. The summed E-state index contributed by atoms with van der Waals surface area (Å²) in [5.74, 6) is -0.0941. The molecule has 0 aromatic heterocycles. The van der Waals surface area contributed by atoms with E-state index < -0.39 is 0 Å². The third-order valence-corrected chi connectivity index (χ3v) is 2.79. The summed E-state index contributed by atoms with van der Waals surface area (Å²) in [6.07, 6.45) is 3.00. The summed E-state index contributed by atoms with van der Waals surface area (Å²) >= 11 is 0. The largest absolute Gasteiger partial charge is 0.507 e. The van der Waals surface area contributed by atoms with E-state index in [2.05, 4.69) is 6.07 Å². The predicted molar refractivity (Wildman–Crippen MR) is 65.7 cm³/mol. The highest BCUT2D eigenvalue weighted by Gasteiger charge is 2.17. The molecule has 0 radical (unpaired) electrons. The van der Waals surface area contributed by atoms with E-state index in [9.17, 15) is 9.90 Å². The molecule has 90 valence electrons. The molecule has 1 atom stereocenters. The maximum Gasteiger partial charge on any atom is 0.169 e. The molecule has 0 fully saturated rings. The first-order valence-corrected chi connectivity index (χ1v) is 5.86. The standard InChI is InChI=1S/C14H17NO2/c1-11(7-3-2-6-10-15)14(17)12-8-4-5-9-13(12)16/h4-5,8-9,11,16H,2-3,6-7H2,1H3. The molecule has 0 aliphatic carbocycles. The van der Waals surface area contributed by atoms with Crippen molar-refractivity contribution >= 4 is 5.78 Å². The minimum atomic E-state index is -0.109. The number of phenols is 1. The first-order valence-electron chi connectivity index (χ1n) is 5.86. The van der Waals surface area contributed by atoms with Gasteiger partial charge in [-0.05, 0) is 25.0 Å². The average Bonchev–Trinajstić information content (AvgIpc) is 2.34. The fourth-order valence-electron chi connectivity index (χ4n) is 1.73. The van der Waals surface area contributed by atoms with E-state index in [1.807, 2.05) is 6.92 Å². The Labute approximate surface area is 102 Å². The lowest BCUT2D eigenvalue weighted by Crippen LogP contribution is -2.11. The van der Waals surface area contributed by atoms with E-state index in [0.29, 0.717) is 12.0 Å². The van der Waals surface area contributed by atoms with Crippen LogP contribution in [0.2, 0.25) is 0 Å². The van der Waals surface area contributed by atoms with Gasteiger partial charge in [-0.2, -0.15) is 5.26 Å². The van der Waals surface area contributed by atoms with Crippen molar-refractivity contribution in [1.82, 2.24) is 0 Å². The zero-order chi connectivity index (χ0) is 12.7. The number of unbranched alkanes of at least 4 members (excludes halogenated alkanes) is 2. The number of hydrogen-bond acceptors (Lipinski definition) is 3. The Morgan fingerprint density at radius 1 is 1.41 bits per heavy atom. The van der Waals surface area contributed by atoms with Crippen LogP contribution >= 0.6 is 0 Å². The van der Waals surface area contributed by atoms with E-state index in [1.54, 1.807) is 18.2 Å². The molecule has 1 rings (SSSR count). The first-order chi connectivity index (χ1) is 8.16. The number of rotatable bonds is 6. The Morgan fingerprint density at radius 2 is 2.12 bits per heavy atom. The number of hydrogen-bond donors (Lipinski definition) is 1. The molecule has 3 heteroatoms. The van der Waals surface area contributed by atoms with Crippen LogP contribution in [0.1, 0.15) is 43.0 Å². The second-order valence-electron chi connectivity index (χ2n) is 4.19. The van der Waals surface area contributed by atoms with Crippen molar-refractivity contribution in [2.45, 2.75) is 32.6 Å². The van der Waals surface area contributed by atoms with E-state index >= 15 is 0 Å². The van der Waals surface area contributed by atoms with Crippen molar-refractivity contribution in [2.24, 2.45) is 5.92 Å². The van der Waals surface area contributed by atoms with Crippen molar-refractivity contribution in [3.05, 3.63) is 29.8 Å². The molecule has 1 aromatic carbocycles. The fourth-order valence-corrected chi connectivity index (χ4v) is 1.73. The minimum Gasteiger partial charge on any atom is -0.507 e. The normalized spacial score (nSPS) is 11.8. The van der Waals surface area contributed by atoms with Crippen molar-refractivity contribution in [2.75, 3.05) is 0 Å². The van der Waals surface area contributed by atoms with Gasteiger partial charge >= 0.3 is 0 Å². The molecule has 0 heterocycles. The SMILES string of the molecule is CC(CCCCC#N)C(=O)c1ccccc1O. The van der Waals surface area contributed by atoms with Gasteiger partial charge in [-0.3, -0.25) is 4.79 Å². The number of aromatic hydroxyl groups is 1. The number of nitriles is 1. The molecule has 0 aliphatic rings. The van der Waals surface area contributed by atoms with Crippen molar-refractivity contribution in [3.8, 4) is 11.8 Å². The van der Waals surface area contributed by atoms with Gasteiger partial charge in [0, 0.05) is 12.3 Å². The van der Waals surface area contributed by atoms with Gasteiger partial charge in [-0.1, -0.05) is 25.5 Å². The number of benzene rings is 1. The van der Waals surface area contributed by atoms with Crippen LogP contribution in [0.5, 0.6) is 5.75 Å². The van der Waals surface area contributed by atoms with Crippen LogP contribution in [-0.2, 0) is 0 Å². The van der Waals surface area contributed by atoms with Crippen LogP contribution in [0.4, 0.5) is 0 Å². The number of phenolic OH excluding ortho intramolecular Hbond substituents is 1. The third-order valence-electron chi connectivity index (χ3n) is 2.79. The van der Waals surface area contributed by atoms with Crippen LogP contribution in [0.3, 0.4) is 0 Å². The Kier molecular flexibility index (Phi) is 5.22.